The predicted octanol–water partition coefficient (Wildman–Crippen LogP) is -0.520. The first-order valence-electron chi connectivity index (χ1n) is 1.91. The van der Waals surface area contributed by atoms with E-state index in [-0.39, 0.29) is 0 Å². The summed E-state index contributed by atoms with van der Waals surface area (Å²) in [5.41, 5.74) is 0. The normalized spacial score (nSPS) is 6.25. The molecule has 0 fully saturated rings. The van der Waals surface area contributed by atoms with Gasteiger partial charge in [0.1, 0.15) is 7.28 Å². The largest absolute Gasteiger partial charge is 0.109 e. The molecule has 0 aromatic rings. The minimum absolute atomic E-state index is 1.32. The topological polar surface area (TPSA) is 0 Å². The maximum Gasteiger partial charge on any atom is 0.109 e. The van der Waals surface area contributed by atoms with Crippen LogP contribution < -0.4 is 0 Å². The van der Waals surface area contributed by atoms with Gasteiger partial charge in [-0.05, 0) is 0 Å². The van der Waals surface area contributed by atoms with Crippen molar-refractivity contribution in [2.45, 2.75) is 13.0 Å². The third kappa shape index (κ3) is 2.13. The van der Waals surface area contributed by atoms with E-state index in [9.17, 15) is 0 Å². The van der Waals surface area contributed by atoms with Gasteiger partial charge in [0, 0.05) is 0 Å². The fourth-order valence-corrected chi connectivity index (χ4v) is 0. The third-order valence-electron chi connectivity index (χ3n) is 0.500. The lowest BCUT2D eigenvalue weighted by molar-refractivity contribution is 2.00. The Bertz CT molecular complexity index is 6.00. The highest BCUT2D eigenvalue weighted by Gasteiger charge is 1.62. The molecule has 0 saturated heterocycles. The van der Waals surface area contributed by atoms with Gasteiger partial charge in [-0.1, -0.05) is 6.82 Å². The number of hydrogen-bond acceptors (Lipinski definition) is 0. The van der Waals surface area contributed by atoms with Crippen molar-refractivity contribution in [1.29, 1.82) is 0 Å². The monoisotopic (exact) mass is 54.1 g/mol. The van der Waals surface area contributed by atoms with Crippen molar-refractivity contribution in [3.8, 4) is 0 Å². The second-order valence-electron chi connectivity index (χ2n) is 1.000. The molecule has 0 aliphatic rings. The van der Waals surface area contributed by atoms with E-state index in [2.05, 4.69) is 14.7 Å². The van der Waals surface area contributed by atoms with E-state index in [4.69, 9.17) is 0 Å². The quantitative estimate of drug-likeness (QED) is 0.353. The molecule has 0 spiro atoms. The molecule has 0 radical (unpaired) electrons. The molecule has 0 aliphatic carbocycles. The van der Waals surface area contributed by atoms with E-state index in [1.54, 1.807) is 0 Å². The third-order valence-corrected chi connectivity index (χ3v) is 0.500. The lowest BCUT2D eigenvalue weighted by Crippen LogP contribution is -1.73. The van der Waals surface area contributed by atoms with Gasteiger partial charge in [0.05, 0.1) is 7.85 Å². The Morgan fingerprint density at radius 1 is 2.00 bits per heavy atom. The SMILES string of the molecule is BCBC. The molecule has 0 saturated carbocycles. The Balaban J connectivity index is 1.97. The van der Waals surface area contributed by atoms with Crippen LogP contribution in [0.1, 0.15) is 0 Å². The van der Waals surface area contributed by atoms with Crippen molar-refractivity contribution in [3.63, 3.8) is 0 Å². The molecule has 0 aromatic carbocycles. The number of hydrogen-bond donors (Lipinski definition) is 0. The summed E-state index contributed by atoms with van der Waals surface area (Å²) in [5.74, 6) is 0. The Labute approximate surface area is 29.2 Å². The van der Waals surface area contributed by atoms with Gasteiger partial charge in [0.25, 0.3) is 0 Å². The van der Waals surface area contributed by atoms with Gasteiger partial charge in [0.15, 0.2) is 0 Å². The van der Waals surface area contributed by atoms with E-state index in [1.807, 2.05) is 0 Å². The van der Waals surface area contributed by atoms with Crippen LogP contribution in [0, 0.1) is 0 Å². The van der Waals surface area contributed by atoms with Crippen LogP contribution in [0.15, 0.2) is 0 Å². The molecule has 0 amide bonds. The van der Waals surface area contributed by atoms with Crippen LogP contribution in [-0.4, -0.2) is 15.1 Å². The first-order chi connectivity index (χ1) is 1.91. The van der Waals surface area contributed by atoms with Crippen LogP contribution in [0.4, 0.5) is 0 Å². The highest BCUT2D eigenvalue weighted by molar-refractivity contribution is 6.45. The molecule has 0 atom stereocenters. The highest BCUT2D eigenvalue weighted by Crippen LogP contribution is 1.56. The van der Waals surface area contributed by atoms with Gasteiger partial charge < -0.3 is 0 Å². The van der Waals surface area contributed by atoms with Crippen molar-refractivity contribution >= 4 is 15.1 Å². The summed E-state index contributed by atoms with van der Waals surface area (Å²) in [7, 11) is 3.50. The maximum absolute atomic E-state index is 2.18. The summed E-state index contributed by atoms with van der Waals surface area (Å²) in [5, 5.41) is 0. The average Bonchev–Trinajstić information content (AvgIpc) is 1.37. The lowest BCUT2D eigenvalue weighted by Gasteiger charge is -1.62. The minimum Gasteiger partial charge on any atom is -0.105 e. The smallest absolute Gasteiger partial charge is 0.105 e. The van der Waals surface area contributed by atoms with Crippen molar-refractivity contribution in [1.82, 2.24) is 0 Å². The van der Waals surface area contributed by atoms with Crippen LogP contribution in [0.5, 0.6) is 0 Å². The Morgan fingerprint density at radius 2 is 2.25 bits per heavy atom. The predicted molar refractivity (Wildman–Crippen MR) is 26.4 cm³/mol. The summed E-state index contributed by atoms with van der Waals surface area (Å²) in [6, 6.07) is 0. The van der Waals surface area contributed by atoms with E-state index in [0.29, 0.717) is 0 Å². The fourth-order valence-electron chi connectivity index (χ4n) is 0. The van der Waals surface area contributed by atoms with Gasteiger partial charge in [0.2, 0.25) is 0 Å². The van der Waals surface area contributed by atoms with E-state index in [0.717, 1.165) is 0 Å². The zero-order chi connectivity index (χ0) is 3.41. The molecule has 0 nitrogen and oxygen atoms in total. The van der Waals surface area contributed by atoms with Gasteiger partial charge in [-0.2, -0.15) is 0 Å². The summed E-state index contributed by atoms with van der Waals surface area (Å²) in [6.07, 6.45) is 1.32. The molecule has 0 unspecified atom stereocenters. The second-order valence-corrected chi connectivity index (χ2v) is 1.000. The molecule has 4 heavy (non-hydrogen) atoms. The maximum atomic E-state index is 2.18. The van der Waals surface area contributed by atoms with Crippen LogP contribution in [0.25, 0.3) is 0 Å². The minimum atomic E-state index is 1.32. The van der Waals surface area contributed by atoms with Crippen molar-refractivity contribution < 1.29 is 0 Å². The van der Waals surface area contributed by atoms with E-state index >= 15 is 0 Å². The molecule has 2 heteroatoms. The van der Waals surface area contributed by atoms with Crippen LogP contribution in [0.3, 0.4) is 0 Å². The molecular weight excluding hydrogens is 45.6 g/mol. The molecule has 0 aliphatic heterocycles. The lowest BCUT2D eigenvalue weighted by atomic mass is 9.69. The van der Waals surface area contributed by atoms with Gasteiger partial charge in [-0.25, -0.2) is 0 Å². The Hall–Kier alpha value is 0.130. The molecule has 0 bridgehead atoms. The molecule has 0 rings (SSSR count). The summed E-state index contributed by atoms with van der Waals surface area (Å²) >= 11 is 0. The van der Waals surface area contributed by atoms with Crippen molar-refractivity contribution in [2.75, 3.05) is 0 Å². The Morgan fingerprint density at radius 3 is 2.25 bits per heavy atom. The number of rotatable bonds is 1. The fraction of sp³-hybridized carbons (Fsp3) is 1.00. The zero-order valence-electron chi connectivity index (χ0n) is 3.41. The molecule has 0 aromatic heterocycles. The van der Waals surface area contributed by atoms with Crippen molar-refractivity contribution in [3.05, 3.63) is 0 Å². The summed E-state index contributed by atoms with van der Waals surface area (Å²) < 4.78 is 0. The average molecular weight is 53.7 g/mol. The van der Waals surface area contributed by atoms with E-state index in [1.165, 1.54) is 13.5 Å². The molecule has 0 heterocycles. The first-order valence-corrected chi connectivity index (χ1v) is 1.91. The van der Waals surface area contributed by atoms with Gasteiger partial charge >= 0.3 is 0 Å². The first kappa shape index (κ1) is 4.13. The van der Waals surface area contributed by atoms with Crippen LogP contribution in [-0.2, 0) is 0 Å². The standard InChI is InChI=1S/C2H8B2/c1-4-2-3/h4H,2-3H2,1H3. The second kappa shape index (κ2) is 3.13. The molecular formula is C2H8B2. The zero-order valence-corrected chi connectivity index (χ0v) is 3.41. The molecule has 22 valence electrons. The highest BCUT2D eigenvalue weighted by atomic mass is 13.1. The van der Waals surface area contributed by atoms with E-state index < -0.39 is 0 Å². The molecule has 0 N–H and O–H groups in total. The Kier molecular flexibility index (Phi) is 3.23. The van der Waals surface area contributed by atoms with Gasteiger partial charge in [-0.3, -0.25) is 0 Å². The summed E-state index contributed by atoms with van der Waals surface area (Å²) in [4.78, 5) is 0. The van der Waals surface area contributed by atoms with Crippen LogP contribution in [0.2, 0.25) is 13.0 Å². The summed E-state index contributed by atoms with van der Waals surface area (Å²) in [6.45, 7) is 2.18. The van der Waals surface area contributed by atoms with Crippen LogP contribution >= 0.6 is 0 Å². The van der Waals surface area contributed by atoms with Gasteiger partial charge in [-0.15, -0.1) is 6.22 Å². The van der Waals surface area contributed by atoms with Crippen molar-refractivity contribution in [2.24, 2.45) is 0 Å².